The lowest BCUT2D eigenvalue weighted by atomic mass is 10.3. The Hall–Kier alpha value is -0.790. The summed E-state index contributed by atoms with van der Waals surface area (Å²) in [5.41, 5.74) is 0. The van der Waals surface area contributed by atoms with Gasteiger partial charge in [-0.3, -0.25) is 9.59 Å². The van der Waals surface area contributed by atoms with Crippen LogP contribution in [0.2, 0.25) is 0 Å². The highest BCUT2D eigenvalue weighted by Gasteiger charge is 2.16. The molecule has 0 unspecified atom stereocenters. The third-order valence-electron chi connectivity index (χ3n) is 3.63. The molecule has 16 heteroatoms. The molecular formula is C19H38N2O10P2S2. The van der Waals surface area contributed by atoms with Crippen LogP contribution in [0.15, 0.2) is 18.7 Å². The average Bonchev–Trinajstić information content (AvgIpc) is 3.38. The summed E-state index contributed by atoms with van der Waals surface area (Å²) in [6.07, 6.45) is 9.25. The van der Waals surface area contributed by atoms with E-state index in [1.807, 2.05) is 0 Å². The van der Waals surface area contributed by atoms with Gasteiger partial charge >= 0.3 is 25.9 Å². The number of nitrogens with zero attached hydrogens (tertiary/aromatic N) is 2. The van der Waals surface area contributed by atoms with Crippen molar-refractivity contribution in [2.45, 2.75) is 46.0 Å². The zero-order valence-corrected chi connectivity index (χ0v) is 24.6. The van der Waals surface area contributed by atoms with Gasteiger partial charge in [0.1, 0.15) is 6.33 Å². The number of unbranched alkanes of at least 4 members (excludes halogenated alkanes) is 3. The number of esters is 1. The lowest BCUT2D eigenvalue weighted by molar-refractivity contribution is -0.141. The first kappa shape index (κ1) is 36.4. The maximum absolute atomic E-state index is 10.4. The van der Waals surface area contributed by atoms with Gasteiger partial charge in [0.05, 0.1) is 26.0 Å². The van der Waals surface area contributed by atoms with Crippen molar-refractivity contribution in [1.29, 1.82) is 0 Å². The molecule has 0 aliphatic heterocycles. The average molecular weight is 581 g/mol. The second-order valence-corrected chi connectivity index (χ2v) is 12.6. The second-order valence-electron chi connectivity index (χ2n) is 6.17. The molecule has 1 aromatic heterocycles. The number of hydrogen-bond acceptors (Lipinski definition) is 13. The van der Waals surface area contributed by atoms with Crippen molar-refractivity contribution in [2.75, 3.05) is 48.3 Å². The number of carbonyl (C=O) groups is 2. The standard InChI is InChI=1S/C8H17O5PS.C7H17O3PS.C4H4N2O2/c1-8(9)12-6-4-5-7-13-14(15,10-2)11-3;1-4-5-6-7-10-11(12,8-2)9-3;7-4-8-6-2-1-5-3-6/h4-7H2,1-3H3;4-7H2,1-3H3;1-4H. The fourth-order valence-electron chi connectivity index (χ4n) is 1.84. The summed E-state index contributed by atoms with van der Waals surface area (Å²) in [6, 6.07) is 0. The molecule has 0 radical (unpaired) electrons. The first-order valence-electron chi connectivity index (χ1n) is 10.6. The number of imidazole rings is 1. The normalized spacial score (nSPS) is 10.9. The van der Waals surface area contributed by atoms with E-state index in [2.05, 4.69) is 16.7 Å². The summed E-state index contributed by atoms with van der Waals surface area (Å²) in [7, 11) is 5.96. The first-order chi connectivity index (χ1) is 16.7. The zero-order chi connectivity index (χ0) is 27.0. The Morgan fingerprint density at radius 1 is 0.914 bits per heavy atom. The number of rotatable bonds is 17. The number of hydrogen-bond donors (Lipinski definition) is 0. The van der Waals surface area contributed by atoms with Gasteiger partial charge in [0, 0.05) is 41.6 Å². The lowest BCUT2D eigenvalue weighted by Crippen LogP contribution is -2.04. The Morgan fingerprint density at radius 2 is 1.40 bits per heavy atom. The molecule has 1 aromatic rings. The summed E-state index contributed by atoms with van der Waals surface area (Å²) in [6.45, 7) is 0.427. The molecule has 1 heterocycles. The number of aromatic nitrogens is 2. The van der Waals surface area contributed by atoms with Crippen LogP contribution in [0.4, 0.5) is 0 Å². The molecular weight excluding hydrogens is 542 g/mol. The van der Waals surface area contributed by atoms with Crippen LogP contribution in [0.3, 0.4) is 0 Å². The van der Waals surface area contributed by atoms with Gasteiger partial charge in [-0.2, -0.15) is 4.73 Å². The molecule has 0 atom stereocenters. The van der Waals surface area contributed by atoms with Crippen LogP contribution in [-0.2, 0) is 65.1 Å². The third-order valence-corrected chi connectivity index (χ3v) is 8.84. The zero-order valence-electron chi connectivity index (χ0n) is 21.2. The summed E-state index contributed by atoms with van der Waals surface area (Å²) < 4.78 is 36.3. The highest BCUT2D eigenvalue weighted by molar-refractivity contribution is 8.07. The molecule has 206 valence electrons. The minimum atomic E-state index is -2.52. The highest BCUT2D eigenvalue weighted by Crippen LogP contribution is 2.48. The molecule has 12 nitrogen and oxygen atoms in total. The van der Waals surface area contributed by atoms with Crippen LogP contribution in [-0.4, -0.2) is 70.4 Å². The third kappa shape index (κ3) is 22.2. The molecule has 0 bridgehead atoms. The van der Waals surface area contributed by atoms with Crippen LogP contribution in [0.25, 0.3) is 0 Å². The van der Waals surface area contributed by atoms with Crippen LogP contribution >= 0.6 is 13.4 Å². The molecule has 0 fully saturated rings. The maximum atomic E-state index is 10.4. The Balaban J connectivity index is 0. The van der Waals surface area contributed by atoms with Gasteiger partial charge in [0.25, 0.3) is 0 Å². The Kier molecular flexibility index (Phi) is 24.5. The molecule has 0 amide bonds. The highest BCUT2D eigenvalue weighted by atomic mass is 32.5. The van der Waals surface area contributed by atoms with Gasteiger partial charge in [0.15, 0.2) is 0 Å². The smallest absolute Gasteiger partial charge is 0.326 e. The largest absolute Gasteiger partial charge is 0.466 e. The van der Waals surface area contributed by atoms with Gasteiger partial charge in [-0.25, -0.2) is 4.98 Å². The number of carbonyl (C=O) groups excluding carboxylic acids is 2. The molecule has 0 saturated heterocycles. The van der Waals surface area contributed by atoms with Crippen molar-refractivity contribution >= 4 is 49.5 Å². The van der Waals surface area contributed by atoms with E-state index in [0.717, 1.165) is 25.7 Å². The van der Waals surface area contributed by atoms with E-state index in [9.17, 15) is 9.59 Å². The second kappa shape index (κ2) is 23.6. The fourth-order valence-corrected chi connectivity index (χ4v) is 3.72. The minimum absolute atomic E-state index is 0.269. The summed E-state index contributed by atoms with van der Waals surface area (Å²) in [5, 5.41) is 0. The Labute approximate surface area is 218 Å². The van der Waals surface area contributed by atoms with Crippen LogP contribution in [0.1, 0.15) is 46.0 Å². The molecule has 0 spiro atoms. The molecule has 1 rings (SSSR count). The Morgan fingerprint density at radius 3 is 1.77 bits per heavy atom. The molecule has 0 N–H and O–H groups in total. The van der Waals surface area contributed by atoms with E-state index in [-0.39, 0.29) is 5.97 Å². The van der Waals surface area contributed by atoms with Crippen molar-refractivity contribution in [1.82, 2.24) is 9.71 Å². The predicted octanol–water partition coefficient (Wildman–Crippen LogP) is 4.04. The van der Waals surface area contributed by atoms with E-state index in [0.29, 0.717) is 26.3 Å². The molecule has 0 aliphatic rings. The topological polar surface area (TPSA) is 126 Å². The van der Waals surface area contributed by atoms with Crippen molar-refractivity contribution in [3.63, 3.8) is 0 Å². The van der Waals surface area contributed by atoms with Crippen LogP contribution in [0, 0.1) is 0 Å². The van der Waals surface area contributed by atoms with E-state index in [4.69, 9.17) is 55.5 Å². The van der Waals surface area contributed by atoms with E-state index >= 15 is 0 Å². The molecule has 0 aliphatic carbocycles. The monoisotopic (exact) mass is 580 g/mol. The van der Waals surface area contributed by atoms with Gasteiger partial charge in [-0.1, -0.05) is 19.8 Å². The van der Waals surface area contributed by atoms with Gasteiger partial charge < -0.3 is 36.7 Å². The van der Waals surface area contributed by atoms with Crippen molar-refractivity contribution < 1.29 is 46.3 Å². The molecule has 0 aromatic carbocycles. The predicted molar refractivity (Wildman–Crippen MR) is 139 cm³/mol. The van der Waals surface area contributed by atoms with Crippen LogP contribution < -0.4 is 4.84 Å². The summed E-state index contributed by atoms with van der Waals surface area (Å²) in [4.78, 5) is 28.0. The Bertz CT molecular complexity index is 725. The van der Waals surface area contributed by atoms with Crippen molar-refractivity contribution in [2.24, 2.45) is 0 Å². The quantitative estimate of drug-likeness (QED) is 0.114. The first-order valence-corrected chi connectivity index (χ1v) is 15.7. The van der Waals surface area contributed by atoms with Gasteiger partial charge in [-0.15, -0.1) is 0 Å². The summed E-state index contributed by atoms with van der Waals surface area (Å²) >= 11 is 9.98. The minimum Gasteiger partial charge on any atom is -0.466 e. The van der Waals surface area contributed by atoms with Crippen molar-refractivity contribution in [3.8, 4) is 0 Å². The summed E-state index contributed by atoms with van der Waals surface area (Å²) in [5.74, 6) is -0.269. The SMILES string of the molecule is CCCCCOP(=S)(OC)OC.COP(=S)(OC)OCCCCOC(C)=O.O=COn1ccnc1. The maximum Gasteiger partial charge on any atom is 0.326 e. The van der Waals surface area contributed by atoms with E-state index in [1.54, 1.807) is 0 Å². The van der Waals surface area contributed by atoms with E-state index in [1.165, 1.54) is 65.2 Å². The van der Waals surface area contributed by atoms with Crippen LogP contribution in [0.5, 0.6) is 0 Å². The fraction of sp³-hybridized carbons (Fsp3) is 0.737. The number of ether oxygens (including phenoxy) is 1. The van der Waals surface area contributed by atoms with Crippen molar-refractivity contribution in [3.05, 3.63) is 18.7 Å². The molecule has 35 heavy (non-hydrogen) atoms. The van der Waals surface area contributed by atoms with E-state index < -0.39 is 13.4 Å². The van der Waals surface area contributed by atoms with Gasteiger partial charge in [0.2, 0.25) is 0 Å². The van der Waals surface area contributed by atoms with Gasteiger partial charge in [-0.05, 0) is 42.9 Å². The molecule has 0 saturated carbocycles. The lowest BCUT2D eigenvalue weighted by Gasteiger charge is -2.16.